The molecule has 1 rings (SSSR count). The number of para-hydroxylation sites is 1. The number of rotatable bonds is 7. The van der Waals surface area contributed by atoms with Gasteiger partial charge in [-0.1, -0.05) is 38.0 Å². The molecular weight excluding hydrogens is 228 g/mol. The van der Waals surface area contributed by atoms with Crippen LogP contribution in [0.2, 0.25) is 0 Å². The van der Waals surface area contributed by atoms with Gasteiger partial charge in [-0.05, 0) is 18.6 Å². The molecule has 1 aromatic carbocycles. The molecule has 0 fully saturated rings. The number of esters is 1. The van der Waals surface area contributed by atoms with Crippen molar-refractivity contribution in [3.05, 3.63) is 35.9 Å². The molecule has 0 aliphatic heterocycles. The first-order valence-corrected chi connectivity index (χ1v) is 6.25. The summed E-state index contributed by atoms with van der Waals surface area (Å²) in [6.45, 7) is 2.60. The topological polar surface area (TPSA) is 35.5 Å². The highest BCUT2D eigenvalue weighted by Gasteiger charge is 2.00. The molecular formula is C15H20O3. The third-order valence-electron chi connectivity index (χ3n) is 2.53. The Bertz CT molecular complexity index is 396. The van der Waals surface area contributed by atoms with Crippen LogP contribution < -0.4 is 4.74 Å². The van der Waals surface area contributed by atoms with E-state index in [9.17, 15) is 4.79 Å². The molecule has 0 atom stereocenters. The maximum atomic E-state index is 11.4. The number of benzene rings is 1. The third-order valence-corrected chi connectivity index (χ3v) is 2.53. The number of methoxy groups -OCH3 is 1. The predicted molar refractivity (Wildman–Crippen MR) is 72.5 cm³/mol. The van der Waals surface area contributed by atoms with Crippen LogP contribution in [-0.4, -0.2) is 19.7 Å². The van der Waals surface area contributed by atoms with E-state index < -0.39 is 0 Å². The number of unbranched alkanes of at least 4 members (excludes halogenated alkanes) is 2. The molecule has 0 radical (unpaired) electrons. The van der Waals surface area contributed by atoms with Crippen molar-refractivity contribution in [1.82, 2.24) is 0 Å². The molecule has 18 heavy (non-hydrogen) atoms. The van der Waals surface area contributed by atoms with Crippen molar-refractivity contribution in [2.24, 2.45) is 0 Å². The lowest BCUT2D eigenvalue weighted by Gasteiger charge is -2.03. The van der Waals surface area contributed by atoms with E-state index in [1.54, 1.807) is 13.2 Å². The van der Waals surface area contributed by atoms with Crippen LogP contribution in [0, 0.1) is 0 Å². The highest BCUT2D eigenvalue weighted by molar-refractivity contribution is 5.87. The predicted octanol–water partition coefficient (Wildman–Crippen LogP) is 3.44. The summed E-state index contributed by atoms with van der Waals surface area (Å²) >= 11 is 0. The molecule has 0 saturated carbocycles. The number of carbonyl (C=O) groups is 1. The van der Waals surface area contributed by atoms with Crippen LogP contribution in [0.1, 0.15) is 31.7 Å². The second-order valence-corrected chi connectivity index (χ2v) is 3.95. The minimum absolute atomic E-state index is 0.308. The zero-order valence-corrected chi connectivity index (χ0v) is 11.0. The smallest absolute Gasteiger partial charge is 0.330 e. The molecule has 0 bridgehead atoms. The summed E-state index contributed by atoms with van der Waals surface area (Å²) in [6.07, 6.45) is 6.27. The van der Waals surface area contributed by atoms with Gasteiger partial charge in [0.05, 0.1) is 13.7 Å². The molecule has 1 aromatic rings. The number of ether oxygens (including phenoxy) is 2. The van der Waals surface area contributed by atoms with Gasteiger partial charge < -0.3 is 9.47 Å². The highest BCUT2D eigenvalue weighted by Crippen LogP contribution is 2.18. The van der Waals surface area contributed by atoms with Crippen LogP contribution in [-0.2, 0) is 9.53 Å². The molecule has 98 valence electrons. The first-order chi connectivity index (χ1) is 8.77. The van der Waals surface area contributed by atoms with Crippen LogP contribution in [0.15, 0.2) is 30.3 Å². The van der Waals surface area contributed by atoms with Crippen LogP contribution in [0.3, 0.4) is 0 Å². The van der Waals surface area contributed by atoms with Gasteiger partial charge in [0.25, 0.3) is 0 Å². The van der Waals surface area contributed by atoms with Gasteiger partial charge in [-0.2, -0.15) is 0 Å². The fourth-order valence-corrected chi connectivity index (χ4v) is 1.53. The highest BCUT2D eigenvalue weighted by atomic mass is 16.5. The molecule has 0 aliphatic rings. The van der Waals surface area contributed by atoms with Gasteiger partial charge in [0, 0.05) is 11.6 Å². The average Bonchev–Trinajstić information content (AvgIpc) is 2.41. The van der Waals surface area contributed by atoms with E-state index in [2.05, 4.69) is 6.92 Å². The summed E-state index contributed by atoms with van der Waals surface area (Å²) in [5, 5.41) is 0. The lowest BCUT2D eigenvalue weighted by molar-refractivity contribution is -0.137. The largest absolute Gasteiger partial charge is 0.496 e. The first-order valence-electron chi connectivity index (χ1n) is 6.25. The van der Waals surface area contributed by atoms with Crippen molar-refractivity contribution >= 4 is 12.0 Å². The zero-order valence-electron chi connectivity index (χ0n) is 11.0. The van der Waals surface area contributed by atoms with Crippen LogP contribution in [0.25, 0.3) is 6.08 Å². The Kier molecular flexibility index (Phi) is 6.62. The second-order valence-electron chi connectivity index (χ2n) is 3.95. The van der Waals surface area contributed by atoms with Crippen molar-refractivity contribution < 1.29 is 14.3 Å². The van der Waals surface area contributed by atoms with Gasteiger partial charge >= 0.3 is 5.97 Å². The molecule has 0 spiro atoms. The Morgan fingerprint density at radius 1 is 1.28 bits per heavy atom. The minimum Gasteiger partial charge on any atom is -0.496 e. The second kappa shape index (κ2) is 8.34. The summed E-state index contributed by atoms with van der Waals surface area (Å²) in [5.41, 5.74) is 0.866. The van der Waals surface area contributed by atoms with Crippen molar-refractivity contribution in [2.45, 2.75) is 26.2 Å². The normalized spacial score (nSPS) is 10.6. The van der Waals surface area contributed by atoms with Crippen molar-refractivity contribution in [1.29, 1.82) is 0 Å². The summed E-state index contributed by atoms with van der Waals surface area (Å²) < 4.78 is 10.3. The summed E-state index contributed by atoms with van der Waals surface area (Å²) in [6, 6.07) is 7.53. The molecule has 0 heterocycles. The fraction of sp³-hybridized carbons (Fsp3) is 0.400. The van der Waals surface area contributed by atoms with Gasteiger partial charge in [-0.25, -0.2) is 4.79 Å². The van der Waals surface area contributed by atoms with E-state index in [1.807, 2.05) is 24.3 Å². The Balaban J connectivity index is 2.45. The van der Waals surface area contributed by atoms with Crippen molar-refractivity contribution in [3.63, 3.8) is 0 Å². The van der Waals surface area contributed by atoms with Gasteiger partial charge in [-0.3, -0.25) is 0 Å². The van der Waals surface area contributed by atoms with Gasteiger partial charge in [0.15, 0.2) is 0 Å². The fourth-order valence-electron chi connectivity index (χ4n) is 1.53. The number of hydrogen-bond acceptors (Lipinski definition) is 3. The Morgan fingerprint density at radius 3 is 2.78 bits per heavy atom. The first kappa shape index (κ1) is 14.3. The maximum Gasteiger partial charge on any atom is 0.330 e. The van der Waals surface area contributed by atoms with Crippen molar-refractivity contribution in [2.75, 3.05) is 13.7 Å². The van der Waals surface area contributed by atoms with E-state index >= 15 is 0 Å². The lowest BCUT2D eigenvalue weighted by Crippen LogP contribution is -2.02. The van der Waals surface area contributed by atoms with Crippen LogP contribution in [0.4, 0.5) is 0 Å². The summed E-state index contributed by atoms with van der Waals surface area (Å²) in [4.78, 5) is 11.4. The molecule has 0 aromatic heterocycles. The molecule has 0 aliphatic carbocycles. The van der Waals surface area contributed by atoms with Crippen LogP contribution >= 0.6 is 0 Å². The quantitative estimate of drug-likeness (QED) is 0.421. The van der Waals surface area contributed by atoms with E-state index in [0.29, 0.717) is 6.61 Å². The molecule has 0 saturated heterocycles. The van der Waals surface area contributed by atoms with Crippen molar-refractivity contribution in [3.8, 4) is 5.75 Å². The van der Waals surface area contributed by atoms with Gasteiger partial charge in [0.1, 0.15) is 5.75 Å². The maximum absolute atomic E-state index is 11.4. The molecule has 3 heteroatoms. The Labute approximate surface area is 108 Å². The monoisotopic (exact) mass is 248 g/mol. The third kappa shape index (κ3) is 5.04. The van der Waals surface area contributed by atoms with Crippen LogP contribution in [0.5, 0.6) is 5.75 Å². The molecule has 3 nitrogen and oxygen atoms in total. The van der Waals surface area contributed by atoms with Gasteiger partial charge in [-0.15, -0.1) is 0 Å². The Hall–Kier alpha value is -1.77. The number of carbonyl (C=O) groups excluding carboxylic acids is 1. The standard InChI is InChI=1S/C15H20O3/c1-3-4-7-12-18-15(16)11-10-13-8-5-6-9-14(13)17-2/h5-6,8-11H,3-4,7,12H2,1-2H3/b11-10+. The van der Waals surface area contributed by atoms with E-state index in [-0.39, 0.29) is 5.97 Å². The van der Waals surface area contributed by atoms with E-state index in [0.717, 1.165) is 30.6 Å². The Morgan fingerprint density at radius 2 is 2.06 bits per heavy atom. The zero-order chi connectivity index (χ0) is 13.2. The van der Waals surface area contributed by atoms with E-state index in [1.165, 1.54) is 6.08 Å². The summed E-state index contributed by atoms with van der Waals surface area (Å²) in [7, 11) is 1.61. The SMILES string of the molecule is CCCCCOC(=O)/C=C/c1ccccc1OC. The van der Waals surface area contributed by atoms with E-state index in [4.69, 9.17) is 9.47 Å². The molecule has 0 amide bonds. The lowest BCUT2D eigenvalue weighted by atomic mass is 10.2. The molecule has 0 N–H and O–H groups in total. The number of hydrogen-bond donors (Lipinski definition) is 0. The minimum atomic E-state index is -0.308. The summed E-state index contributed by atoms with van der Waals surface area (Å²) in [5.74, 6) is 0.435. The van der Waals surface area contributed by atoms with Gasteiger partial charge in [0.2, 0.25) is 0 Å². The average molecular weight is 248 g/mol. The molecule has 0 unspecified atom stereocenters.